The Hall–Kier alpha value is -0.820. The Morgan fingerprint density at radius 2 is 1.58 bits per heavy atom. The van der Waals surface area contributed by atoms with Crippen LogP contribution in [-0.4, -0.2) is 43.8 Å². The molecule has 1 aliphatic heterocycles. The molecule has 2 aromatic carbocycles. The van der Waals surface area contributed by atoms with E-state index in [1.807, 2.05) is 18.2 Å². The summed E-state index contributed by atoms with van der Waals surface area (Å²) in [6.45, 7) is 2.99. The Morgan fingerprint density at radius 3 is 2.19 bits per heavy atom. The molecule has 0 radical (unpaired) electrons. The summed E-state index contributed by atoms with van der Waals surface area (Å²) in [5.74, 6) is 0.128. The lowest BCUT2D eigenvalue weighted by atomic mass is 10.2. The van der Waals surface area contributed by atoms with E-state index in [2.05, 4.69) is 17.0 Å². The van der Waals surface area contributed by atoms with Gasteiger partial charge in [-0.1, -0.05) is 53.5 Å². The van der Waals surface area contributed by atoms with Crippen molar-refractivity contribution in [2.24, 2.45) is 0 Å². The van der Waals surface area contributed by atoms with E-state index in [9.17, 15) is 8.42 Å². The Balaban J connectivity index is 1.72. The van der Waals surface area contributed by atoms with E-state index in [1.54, 1.807) is 0 Å². The predicted molar refractivity (Wildman–Crippen MR) is 106 cm³/mol. The fourth-order valence-corrected chi connectivity index (χ4v) is 5.53. The Labute approximate surface area is 169 Å². The number of halogens is 3. The normalized spacial score (nSPS) is 16.7. The highest BCUT2D eigenvalue weighted by Gasteiger charge is 2.30. The standard InChI is InChI=1S/C18H19Cl3N2O2S/c19-12-15-10-18(17(21)11-16(15)20)26(24,25)23-8-6-22(7-9-23)13-14-4-2-1-3-5-14/h1-5,10-11H,6-9,12-13H2. The first-order valence-electron chi connectivity index (χ1n) is 8.22. The monoisotopic (exact) mass is 432 g/mol. The molecule has 0 bridgehead atoms. The number of rotatable bonds is 5. The largest absolute Gasteiger partial charge is 0.296 e. The second-order valence-corrected chi connectivity index (χ2v) is 9.16. The van der Waals surface area contributed by atoms with Gasteiger partial charge in [0.1, 0.15) is 4.90 Å². The zero-order valence-corrected chi connectivity index (χ0v) is 17.1. The van der Waals surface area contributed by atoms with Crippen molar-refractivity contribution in [3.8, 4) is 0 Å². The van der Waals surface area contributed by atoms with Gasteiger partial charge in [-0.25, -0.2) is 8.42 Å². The summed E-state index contributed by atoms with van der Waals surface area (Å²) in [4.78, 5) is 2.31. The molecule has 140 valence electrons. The van der Waals surface area contributed by atoms with E-state index >= 15 is 0 Å². The lowest BCUT2D eigenvalue weighted by Crippen LogP contribution is -2.48. The van der Waals surface area contributed by atoms with Crippen molar-refractivity contribution < 1.29 is 8.42 Å². The number of sulfonamides is 1. The van der Waals surface area contributed by atoms with E-state index in [1.165, 1.54) is 22.0 Å². The van der Waals surface area contributed by atoms with Crippen LogP contribution < -0.4 is 0 Å². The van der Waals surface area contributed by atoms with E-state index in [0.29, 0.717) is 36.8 Å². The number of hydrogen-bond acceptors (Lipinski definition) is 3. The molecule has 26 heavy (non-hydrogen) atoms. The van der Waals surface area contributed by atoms with Crippen LogP contribution in [0.4, 0.5) is 0 Å². The number of alkyl halides is 1. The summed E-state index contributed by atoms with van der Waals surface area (Å²) in [6.07, 6.45) is 0. The highest BCUT2D eigenvalue weighted by Crippen LogP contribution is 2.31. The van der Waals surface area contributed by atoms with Gasteiger partial charge in [-0.2, -0.15) is 4.31 Å². The smallest absolute Gasteiger partial charge is 0.244 e. The van der Waals surface area contributed by atoms with E-state index in [-0.39, 0.29) is 15.8 Å². The van der Waals surface area contributed by atoms with E-state index in [4.69, 9.17) is 34.8 Å². The van der Waals surface area contributed by atoms with E-state index in [0.717, 1.165) is 6.54 Å². The maximum absolute atomic E-state index is 13.0. The lowest BCUT2D eigenvalue weighted by molar-refractivity contribution is 0.181. The van der Waals surface area contributed by atoms with Crippen molar-refractivity contribution in [3.63, 3.8) is 0 Å². The van der Waals surface area contributed by atoms with Crippen LogP contribution >= 0.6 is 34.8 Å². The average Bonchev–Trinajstić information content (AvgIpc) is 2.63. The summed E-state index contributed by atoms with van der Waals surface area (Å²) in [5.41, 5.74) is 1.77. The van der Waals surface area contributed by atoms with Crippen LogP contribution in [0.3, 0.4) is 0 Å². The summed E-state index contributed by atoms with van der Waals surface area (Å²) in [6, 6.07) is 13.1. The molecule has 0 amide bonds. The third-order valence-electron chi connectivity index (χ3n) is 4.44. The first kappa shape index (κ1) is 19.9. The first-order valence-corrected chi connectivity index (χ1v) is 10.9. The maximum atomic E-state index is 13.0. The number of benzene rings is 2. The van der Waals surface area contributed by atoms with Gasteiger partial charge in [-0.05, 0) is 23.3 Å². The molecule has 0 unspecified atom stereocenters. The van der Waals surface area contributed by atoms with Crippen molar-refractivity contribution in [2.45, 2.75) is 17.3 Å². The Morgan fingerprint density at radius 1 is 0.923 bits per heavy atom. The molecule has 0 aromatic heterocycles. The van der Waals surface area contributed by atoms with Crippen LogP contribution in [-0.2, 0) is 22.4 Å². The Bertz CT molecular complexity index is 868. The summed E-state index contributed by atoms with van der Waals surface area (Å²) in [7, 11) is -3.68. The third kappa shape index (κ3) is 4.35. The van der Waals surface area contributed by atoms with Gasteiger partial charge in [0.2, 0.25) is 10.0 Å². The average molecular weight is 434 g/mol. The molecule has 0 N–H and O–H groups in total. The van der Waals surface area contributed by atoms with Crippen LogP contribution in [0.5, 0.6) is 0 Å². The number of piperazine rings is 1. The molecular formula is C18H19Cl3N2O2S. The minimum absolute atomic E-state index is 0.0655. The van der Waals surface area contributed by atoms with Gasteiger partial charge in [0.15, 0.2) is 0 Å². The van der Waals surface area contributed by atoms with Crippen LogP contribution in [0.15, 0.2) is 47.4 Å². The maximum Gasteiger partial charge on any atom is 0.244 e. The molecule has 0 spiro atoms. The predicted octanol–water partition coefficient (Wildman–Crippen LogP) is 4.24. The molecule has 0 saturated carbocycles. The van der Waals surface area contributed by atoms with Crippen molar-refractivity contribution in [2.75, 3.05) is 26.2 Å². The van der Waals surface area contributed by atoms with Gasteiger partial charge >= 0.3 is 0 Å². The third-order valence-corrected chi connectivity index (χ3v) is 7.45. The van der Waals surface area contributed by atoms with Crippen LogP contribution in [0.2, 0.25) is 10.0 Å². The molecular weight excluding hydrogens is 415 g/mol. The van der Waals surface area contributed by atoms with Gasteiger partial charge in [0.25, 0.3) is 0 Å². The molecule has 2 aromatic rings. The molecule has 1 heterocycles. The summed E-state index contributed by atoms with van der Waals surface area (Å²) >= 11 is 18.0. The van der Waals surface area contributed by atoms with E-state index < -0.39 is 10.0 Å². The molecule has 3 rings (SSSR count). The molecule has 1 fully saturated rings. The topological polar surface area (TPSA) is 40.6 Å². The lowest BCUT2D eigenvalue weighted by Gasteiger charge is -2.34. The van der Waals surface area contributed by atoms with Crippen molar-refractivity contribution in [1.29, 1.82) is 0 Å². The molecule has 0 atom stereocenters. The molecule has 1 aliphatic rings. The highest BCUT2D eigenvalue weighted by molar-refractivity contribution is 7.89. The molecule has 8 heteroatoms. The first-order chi connectivity index (χ1) is 12.4. The highest BCUT2D eigenvalue weighted by atomic mass is 35.5. The van der Waals surface area contributed by atoms with Crippen molar-refractivity contribution in [1.82, 2.24) is 9.21 Å². The SMILES string of the molecule is O=S(=O)(c1cc(CCl)c(Cl)cc1Cl)N1CCN(Cc2ccccc2)CC1. The zero-order chi connectivity index (χ0) is 18.7. The fourth-order valence-electron chi connectivity index (χ4n) is 2.98. The Kier molecular flexibility index (Phi) is 6.49. The van der Waals surface area contributed by atoms with Gasteiger partial charge in [0, 0.05) is 43.6 Å². The minimum Gasteiger partial charge on any atom is -0.296 e. The van der Waals surface area contributed by atoms with Crippen LogP contribution in [0.1, 0.15) is 11.1 Å². The summed E-state index contributed by atoms with van der Waals surface area (Å²) < 4.78 is 27.5. The van der Waals surface area contributed by atoms with Gasteiger partial charge < -0.3 is 0 Å². The van der Waals surface area contributed by atoms with Crippen molar-refractivity contribution in [3.05, 3.63) is 63.6 Å². The second-order valence-electron chi connectivity index (χ2n) is 6.17. The van der Waals surface area contributed by atoms with Crippen LogP contribution in [0.25, 0.3) is 0 Å². The van der Waals surface area contributed by atoms with Crippen molar-refractivity contribution >= 4 is 44.8 Å². The number of nitrogens with zero attached hydrogens (tertiary/aromatic N) is 2. The molecule has 4 nitrogen and oxygen atoms in total. The van der Waals surface area contributed by atoms with Gasteiger partial charge in [0.05, 0.1) is 5.02 Å². The number of hydrogen-bond donors (Lipinski definition) is 0. The van der Waals surface area contributed by atoms with Crippen LogP contribution in [0, 0.1) is 0 Å². The quantitative estimate of drug-likeness (QED) is 0.662. The van der Waals surface area contributed by atoms with Gasteiger partial charge in [-0.3, -0.25) is 4.90 Å². The van der Waals surface area contributed by atoms with Gasteiger partial charge in [-0.15, -0.1) is 11.6 Å². The second kappa shape index (κ2) is 8.46. The molecule has 0 aliphatic carbocycles. The minimum atomic E-state index is -3.68. The summed E-state index contributed by atoms with van der Waals surface area (Å²) in [5, 5.41) is 0.493. The zero-order valence-electron chi connectivity index (χ0n) is 14.0. The fraction of sp³-hybridized carbons (Fsp3) is 0.333. The molecule has 1 saturated heterocycles.